The molecular weight excluding hydrogens is 443 g/mol. The van der Waals surface area contributed by atoms with E-state index in [1.807, 2.05) is 32.0 Å². The molecule has 4 bridgehead atoms. The second-order valence-electron chi connectivity index (χ2n) is 11.3. The second kappa shape index (κ2) is 10.6. The Labute approximate surface area is 204 Å². The quantitative estimate of drug-likeness (QED) is 0.391. The molecule has 1 aromatic carbocycles. The summed E-state index contributed by atoms with van der Waals surface area (Å²) in [5, 5.41) is 16.9. The molecule has 0 radical (unpaired) electrons. The van der Waals surface area contributed by atoms with Crippen LogP contribution < -0.4 is 10.6 Å². The fraction of sp³-hybridized carbons (Fsp3) is 0.731. The summed E-state index contributed by atoms with van der Waals surface area (Å²) in [6.45, 7) is 6.17. The maximum Gasteiger partial charge on any atom is 0.252 e. The number of halogens is 2. The van der Waals surface area contributed by atoms with Crippen molar-refractivity contribution in [1.82, 2.24) is 10.6 Å². The van der Waals surface area contributed by atoms with E-state index in [0.717, 1.165) is 62.2 Å². The van der Waals surface area contributed by atoms with Gasteiger partial charge in [0.1, 0.15) is 0 Å². The minimum absolute atomic E-state index is 0. The van der Waals surface area contributed by atoms with Gasteiger partial charge in [-0.3, -0.25) is 4.79 Å². The molecule has 4 fully saturated rings. The molecule has 0 aliphatic heterocycles. The van der Waals surface area contributed by atoms with Crippen LogP contribution in [0.5, 0.6) is 0 Å². The van der Waals surface area contributed by atoms with Crippen LogP contribution in [-0.4, -0.2) is 36.2 Å². The molecule has 0 atom stereocenters. The van der Waals surface area contributed by atoms with Crippen molar-refractivity contribution in [2.45, 2.75) is 77.2 Å². The summed E-state index contributed by atoms with van der Waals surface area (Å²) in [4.78, 5) is 13.0. The van der Waals surface area contributed by atoms with Gasteiger partial charge in [-0.25, -0.2) is 0 Å². The van der Waals surface area contributed by atoms with Crippen molar-refractivity contribution in [2.75, 3.05) is 19.6 Å². The second-order valence-corrected chi connectivity index (χ2v) is 11.7. The number of amides is 1. The normalized spacial score (nSPS) is 28.4. The van der Waals surface area contributed by atoms with E-state index in [2.05, 4.69) is 10.6 Å². The molecule has 4 aliphatic carbocycles. The highest BCUT2D eigenvalue weighted by atomic mass is 35.5. The molecule has 0 unspecified atom stereocenters. The molecule has 32 heavy (non-hydrogen) atoms. The zero-order valence-electron chi connectivity index (χ0n) is 19.6. The summed E-state index contributed by atoms with van der Waals surface area (Å²) in [5.74, 6) is 2.66. The first-order chi connectivity index (χ1) is 14.7. The summed E-state index contributed by atoms with van der Waals surface area (Å²) in [6, 6.07) is 5.85. The first-order valence-corrected chi connectivity index (χ1v) is 12.6. The predicted octanol–water partition coefficient (Wildman–Crippen LogP) is 5.39. The third kappa shape index (κ3) is 6.62. The summed E-state index contributed by atoms with van der Waals surface area (Å²) in [6.07, 6.45) is 10.8. The van der Waals surface area contributed by atoms with Crippen molar-refractivity contribution in [3.63, 3.8) is 0 Å². The first kappa shape index (κ1) is 25.8. The summed E-state index contributed by atoms with van der Waals surface area (Å²) in [7, 11) is 0. The van der Waals surface area contributed by atoms with Gasteiger partial charge in [0, 0.05) is 6.54 Å². The Balaban J connectivity index is 0.00000289. The molecule has 4 aliphatic rings. The molecule has 0 aromatic heterocycles. The van der Waals surface area contributed by atoms with Gasteiger partial charge in [-0.1, -0.05) is 17.7 Å². The van der Waals surface area contributed by atoms with Gasteiger partial charge in [0.2, 0.25) is 0 Å². The fourth-order valence-electron chi connectivity index (χ4n) is 6.71. The topological polar surface area (TPSA) is 61.4 Å². The predicted molar refractivity (Wildman–Crippen MR) is 134 cm³/mol. The number of nitrogens with one attached hydrogen (secondary N) is 2. The van der Waals surface area contributed by atoms with Crippen molar-refractivity contribution in [2.24, 2.45) is 23.2 Å². The zero-order chi connectivity index (χ0) is 22.1. The lowest BCUT2D eigenvalue weighted by Crippen LogP contribution is -2.51. The van der Waals surface area contributed by atoms with Gasteiger partial charge < -0.3 is 15.7 Å². The molecule has 4 nitrogen and oxygen atoms in total. The van der Waals surface area contributed by atoms with Gasteiger partial charge in [-0.2, -0.15) is 0 Å². The molecule has 0 spiro atoms. The number of aryl methyl sites for hydroxylation is 1. The van der Waals surface area contributed by atoms with Crippen LogP contribution in [0.3, 0.4) is 0 Å². The summed E-state index contributed by atoms with van der Waals surface area (Å²) in [5.41, 5.74) is 1.47. The summed E-state index contributed by atoms with van der Waals surface area (Å²) >= 11 is 6.39. The van der Waals surface area contributed by atoms with E-state index in [1.54, 1.807) is 0 Å². The van der Waals surface area contributed by atoms with Crippen molar-refractivity contribution in [3.8, 4) is 0 Å². The molecule has 5 rings (SSSR count). The molecule has 0 heterocycles. The highest BCUT2D eigenvalue weighted by Crippen LogP contribution is 2.59. The standard InChI is InChI=1S/C26H39ClN2O2.ClH/c1-25(2,31)7-9-28-8-3-4-18-5-6-23(27)22(13-18)24(30)29-17-26-14-19-10-20(15-26)12-21(11-19)16-26;/h5-6,13,19-21,28,31H,3-4,7-12,14-17H2,1-2H3,(H,29,30);1H. The molecule has 1 amide bonds. The first-order valence-electron chi connectivity index (χ1n) is 12.2. The maximum absolute atomic E-state index is 13.0. The number of rotatable bonds is 10. The van der Waals surface area contributed by atoms with Crippen LogP contribution in [0.25, 0.3) is 0 Å². The molecule has 6 heteroatoms. The average Bonchev–Trinajstić information content (AvgIpc) is 2.68. The van der Waals surface area contributed by atoms with E-state index in [1.165, 1.54) is 38.5 Å². The Morgan fingerprint density at radius 2 is 1.75 bits per heavy atom. The minimum Gasteiger partial charge on any atom is -0.390 e. The van der Waals surface area contributed by atoms with E-state index < -0.39 is 5.60 Å². The van der Waals surface area contributed by atoms with Gasteiger partial charge >= 0.3 is 0 Å². The highest BCUT2D eigenvalue weighted by Gasteiger charge is 2.50. The molecule has 0 saturated heterocycles. The third-order valence-electron chi connectivity index (χ3n) is 7.80. The van der Waals surface area contributed by atoms with Gasteiger partial charge in [0.25, 0.3) is 5.91 Å². The molecule has 3 N–H and O–H groups in total. The average molecular weight is 484 g/mol. The fourth-order valence-corrected chi connectivity index (χ4v) is 6.91. The Morgan fingerprint density at radius 1 is 1.12 bits per heavy atom. The van der Waals surface area contributed by atoms with E-state index >= 15 is 0 Å². The molecule has 180 valence electrons. The largest absolute Gasteiger partial charge is 0.390 e. The van der Waals surface area contributed by atoms with E-state index in [0.29, 0.717) is 16.0 Å². The number of hydrogen-bond acceptors (Lipinski definition) is 3. The Morgan fingerprint density at radius 3 is 2.34 bits per heavy atom. The Hall–Kier alpha value is -0.810. The van der Waals surface area contributed by atoms with Gasteiger partial charge in [-0.15, -0.1) is 12.4 Å². The zero-order valence-corrected chi connectivity index (χ0v) is 21.2. The maximum atomic E-state index is 13.0. The van der Waals surface area contributed by atoms with Crippen LogP contribution in [0.1, 0.15) is 81.1 Å². The number of hydrogen-bond donors (Lipinski definition) is 3. The van der Waals surface area contributed by atoms with Crippen LogP contribution >= 0.6 is 24.0 Å². The molecule has 4 saturated carbocycles. The van der Waals surface area contributed by atoms with Crippen LogP contribution in [0.2, 0.25) is 5.02 Å². The van der Waals surface area contributed by atoms with Gasteiger partial charge in [0.05, 0.1) is 16.2 Å². The summed E-state index contributed by atoms with van der Waals surface area (Å²) < 4.78 is 0. The molecular formula is C26H40Cl2N2O2. The number of carbonyl (C=O) groups is 1. The van der Waals surface area contributed by atoms with Crippen LogP contribution in [0, 0.1) is 23.2 Å². The lowest BCUT2D eigenvalue weighted by Gasteiger charge is -2.56. The van der Waals surface area contributed by atoms with Crippen LogP contribution in [0.4, 0.5) is 0 Å². The van der Waals surface area contributed by atoms with Gasteiger partial charge in [-0.05, 0) is 126 Å². The highest BCUT2D eigenvalue weighted by molar-refractivity contribution is 6.33. The van der Waals surface area contributed by atoms with E-state index in [-0.39, 0.29) is 18.3 Å². The van der Waals surface area contributed by atoms with Crippen LogP contribution in [0.15, 0.2) is 18.2 Å². The van der Waals surface area contributed by atoms with Crippen molar-refractivity contribution in [3.05, 3.63) is 34.3 Å². The van der Waals surface area contributed by atoms with E-state index in [9.17, 15) is 9.90 Å². The van der Waals surface area contributed by atoms with Crippen LogP contribution in [-0.2, 0) is 6.42 Å². The number of aliphatic hydroxyl groups is 1. The monoisotopic (exact) mass is 482 g/mol. The Bertz CT molecular complexity index is 755. The lowest BCUT2D eigenvalue weighted by atomic mass is 9.49. The molecule has 1 aromatic rings. The minimum atomic E-state index is -0.623. The Kier molecular flexibility index (Phi) is 8.57. The van der Waals surface area contributed by atoms with Crippen molar-refractivity contribution in [1.29, 1.82) is 0 Å². The number of carbonyl (C=O) groups excluding carboxylic acids is 1. The lowest BCUT2D eigenvalue weighted by molar-refractivity contribution is -0.0503. The van der Waals surface area contributed by atoms with E-state index in [4.69, 9.17) is 11.6 Å². The van der Waals surface area contributed by atoms with Gasteiger partial charge in [0.15, 0.2) is 0 Å². The SMILES string of the molecule is CC(C)(O)CCNCCCc1ccc(Cl)c(C(=O)NCC23CC4CC(CC(C4)C2)C3)c1.Cl. The number of benzene rings is 1. The van der Waals surface area contributed by atoms with Crippen molar-refractivity contribution < 1.29 is 9.90 Å². The third-order valence-corrected chi connectivity index (χ3v) is 8.13. The smallest absolute Gasteiger partial charge is 0.252 e. The van der Waals surface area contributed by atoms with Crippen molar-refractivity contribution >= 4 is 29.9 Å².